The summed E-state index contributed by atoms with van der Waals surface area (Å²) in [5.74, 6) is 0. The highest BCUT2D eigenvalue weighted by atomic mass is 15.1. The van der Waals surface area contributed by atoms with Crippen molar-refractivity contribution in [3.05, 3.63) is 168 Å². The number of nitriles is 2. The van der Waals surface area contributed by atoms with Crippen molar-refractivity contribution in [3.63, 3.8) is 0 Å². The van der Waals surface area contributed by atoms with Gasteiger partial charge in [0.1, 0.15) is 0 Å². The van der Waals surface area contributed by atoms with Gasteiger partial charge in [-0.3, -0.25) is 0 Å². The third kappa shape index (κ3) is 4.68. The van der Waals surface area contributed by atoms with Crippen molar-refractivity contribution in [2.75, 3.05) is 9.80 Å². The maximum Gasteiger partial charge on any atom is 0.0991 e. The molecular formula is C44H30N4. The molecule has 0 saturated carbocycles. The third-order valence-electron chi connectivity index (χ3n) is 9.29. The molecule has 0 aliphatic heterocycles. The summed E-state index contributed by atoms with van der Waals surface area (Å²) in [6.07, 6.45) is 0. The Labute approximate surface area is 279 Å². The molecule has 0 fully saturated rings. The van der Waals surface area contributed by atoms with Crippen molar-refractivity contribution in [3.8, 4) is 12.1 Å². The fourth-order valence-corrected chi connectivity index (χ4v) is 7.06. The molecule has 0 heterocycles. The minimum Gasteiger partial charge on any atom is -0.310 e. The maximum absolute atomic E-state index is 9.52. The van der Waals surface area contributed by atoms with Gasteiger partial charge in [-0.05, 0) is 138 Å². The summed E-state index contributed by atoms with van der Waals surface area (Å²) in [4.78, 5) is 4.58. The molecule has 226 valence electrons. The highest BCUT2D eigenvalue weighted by molar-refractivity contribution is 6.29. The van der Waals surface area contributed by atoms with Crippen LogP contribution in [-0.4, -0.2) is 0 Å². The average molecular weight is 615 g/mol. The zero-order chi connectivity index (χ0) is 32.8. The van der Waals surface area contributed by atoms with Crippen LogP contribution in [0.5, 0.6) is 0 Å². The van der Waals surface area contributed by atoms with Gasteiger partial charge in [0, 0.05) is 33.5 Å². The minimum absolute atomic E-state index is 0.631. The third-order valence-corrected chi connectivity index (χ3v) is 9.29. The zero-order valence-corrected chi connectivity index (χ0v) is 26.6. The quantitative estimate of drug-likeness (QED) is 0.175. The van der Waals surface area contributed by atoms with E-state index in [1.54, 1.807) is 0 Å². The molecule has 8 aromatic carbocycles. The summed E-state index contributed by atoms with van der Waals surface area (Å²) in [7, 11) is 0. The number of aryl methyl sites for hydroxylation is 2. The van der Waals surface area contributed by atoms with E-state index in [9.17, 15) is 10.5 Å². The zero-order valence-electron chi connectivity index (χ0n) is 26.6. The molecular weight excluding hydrogens is 585 g/mol. The van der Waals surface area contributed by atoms with Crippen LogP contribution in [0.15, 0.2) is 146 Å². The largest absolute Gasteiger partial charge is 0.310 e. The lowest BCUT2D eigenvalue weighted by Gasteiger charge is -2.30. The van der Waals surface area contributed by atoms with Crippen LogP contribution in [0, 0.1) is 36.5 Å². The van der Waals surface area contributed by atoms with Gasteiger partial charge in [-0.15, -0.1) is 0 Å². The number of nitrogens with zero attached hydrogens (tertiary/aromatic N) is 4. The number of hydrogen-bond donors (Lipinski definition) is 0. The molecule has 48 heavy (non-hydrogen) atoms. The van der Waals surface area contributed by atoms with Crippen molar-refractivity contribution in [1.29, 1.82) is 10.5 Å². The first-order valence-electron chi connectivity index (χ1n) is 16.0. The monoisotopic (exact) mass is 614 g/mol. The molecule has 0 bridgehead atoms. The van der Waals surface area contributed by atoms with Crippen molar-refractivity contribution in [2.45, 2.75) is 13.8 Å². The van der Waals surface area contributed by atoms with E-state index in [0.29, 0.717) is 11.1 Å². The Morgan fingerprint density at radius 1 is 0.396 bits per heavy atom. The lowest BCUT2D eigenvalue weighted by atomic mass is 9.88. The molecule has 0 amide bonds. The Kier molecular flexibility index (Phi) is 6.98. The maximum atomic E-state index is 9.52. The smallest absolute Gasteiger partial charge is 0.0991 e. The van der Waals surface area contributed by atoms with E-state index < -0.39 is 0 Å². The van der Waals surface area contributed by atoms with Gasteiger partial charge in [0.25, 0.3) is 0 Å². The van der Waals surface area contributed by atoms with Crippen molar-refractivity contribution < 1.29 is 0 Å². The molecule has 0 aromatic heterocycles. The summed E-state index contributed by atoms with van der Waals surface area (Å²) in [6, 6.07) is 54.6. The normalized spacial score (nSPS) is 11.1. The van der Waals surface area contributed by atoms with E-state index in [-0.39, 0.29) is 0 Å². The number of para-hydroxylation sites is 2. The Balaban J connectivity index is 1.44. The Bertz CT molecular complexity index is 2520. The van der Waals surface area contributed by atoms with Crippen LogP contribution in [0.1, 0.15) is 22.3 Å². The molecule has 0 atom stereocenters. The average Bonchev–Trinajstić information content (AvgIpc) is 3.14. The van der Waals surface area contributed by atoms with Crippen molar-refractivity contribution in [1.82, 2.24) is 0 Å². The Hall–Kier alpha value is -6.62. The molecule has 4 nitrogen and oxygen atoms in total. The lowest BCUT2D eigenvalue weighted by Crippen LogP contribution is -2.12. The molecule has 4 heteroatoms. The van der Waals surface area contributed by atoms with Gasteiger partial charge < -0.3 is 9.80 Å². The van der Waals surface area contributed by atoms with Crippen LogP contribution in [0.25, 0.3) is 32.3 Å². The van der Waals surface area contributed by atoms with Crippen LogP contribution in [-0.2, 0) is 0 Å². The molecule has 0 spiro atoms. The van der Waals surface area contributed by atoms with Gasteiger partial charge in [0.2, 0.25) is 0 Å². The SMILES string of the molecule is Cc1cc2c(N(c3ccccc3)c3ccc(C#N)cc3)cc(C)c3ccc4c(N(c5ccccc5)c5ccc(C#N)cc5)ccc1c4c32. The number of benzene rings is 8. The van der Waals surface area contributed by atoms with Crippen molar-refractivity contribution >= 4 is 66.4 Å². The first-order chi connectivity index (χ1) is 23.6. The topological polar surface area (TPSA) is 54.1 Å². The van der Waals surface area contributed by atoms with Crippen molar-refractivity contribution in [2.24, 2.45) is 0 Å². The Morgan fingerprint density at radius 3 is 1.33 bits per heavy atom. The van der Waals surface area contributed by atoms with E-state index in [2.05, 4.69) is 121 Å². The number of anilines is 6. The highest BCUT2D eigenvalue weighted by Gasteiger charge is 2.23. The Morgan fingerprint density at radius 2 is 0.812 bits per heavy atom. The summed E-state index contributed by atoms with van der Waals surface area (Å²) in [5.41, 5.74) is 9.88. The number of hydrogen-bond acceptors (Lipinski definition) is 4. The number of rotatable bonds is 6. The minimum atomic E-state index is 0.631. The van der Waals surface area contributed by atoms with Crippen LogP contribution in [0.4, 0.5) is 34.1 Å². The van der Waals surface area contributed by atoms with Crippen LogP contribution in [0.2, 0.25) is 0 Å². The van der Waals surface area contributed by atoms with Gasteiger partial charge in [-0.1, -0.05) is 54.6 Å². The second-order valence-corrected chi connectivity index (χ2v) is 12.2. The molecule has 0 unspecified atom stereocenters. The van der Waals surface area contributed by atoms with E-state index in [0.717, 1.165) is 39.5 Å². The standard InChI is InChI=1S/C44H30N4/c1-29-25-40-42(48(34-11-7-4-8-12-34)36-19-15-32(28-46)16-20-36)26-30(2)37-21-22-39-41(24-23-38(29)43(39)44(37)40)47(33-9-5-3-6-10-33)35-17-13-31(27-45)14-18-35/h3-26H,1-2H3. The summed E-state index contributed by atoms with van der Waals surface area (Å²) in [6.45, 7) is 4.39. The molecule has 0 aliphatic carbocycles. The van der Waals surface area contributed by atoms with Crippen LogP contribution < -0.4 is 9.80 Å². The molecule has 8 aromatic rings. The molecule has 8 rings (SSSR count). The molecule has 0 radical (unpaired) electrons. The van der Waals surface area contributed by atoms with E-state index in [4.69, 9.17) is 0 Å². The first-order valence-corrected chi connectivity index (χ1v) is 16.0. The molecule has 0 aliphatic rings. The van der Waals surface area contributed by atoms with Gasteiger partial charge in [0.05, 0.1) is 34.6 Å². The predicted molar refractivity (Wildman–Crippen MR) is 198 cm³/mol. The van der Waals surface area contributed by atoms with Crippen LogP contribution >= 0.6 is 0 Å². The second kappa shape index (κ2) is 11.6. The van der Waals surface area contributed by atoms with E-state index >= 15 is 0 Å². The molecule has 0 saturated heterocycles. The fourth-order valence-electron chi connectivity index (χ4n) is 7.06. The van der Waals surface area contributed by atoms with E-state index in [1.807, 2.05) is 60.7 Å². The van der Waals surface area contributed by atoms with Gasteiger partial charge >= 0.3 is 0 Å². The highest BCUT2D eigenvalue weighted by Crippen LogP contribution is 2.49. The van der Waals surface area contributed by atoms with Gasteiger partial charge in [-0.2, -0.15) is 10.5 Å². The lowest BCUT2D eigenvalue weighted by molar-refractivity contribution is 1.29. The van der Waals surface area contributed by atoms with Gasteiger partial charge in [-0.25, -0.2) is 0 Å². The predicted octanol–water partition coefficient (Wildman–Crippen LogP) is 11.9. The van der Waals surface area contributed by atoms with Gasteiger partial charge in [0.15, 0.2) is 0 Å². The second-order valence-electron chi connectivity index (χ2n) is 12.2. The summed E-state index contributed by atoms with van der Waals surface area (Å²) in [5, 5.41) is 26.2. The fraction of sp³-hybridized carbons (Fsp3) is 0.0455. The summed E-state index contributed by atoms with van der Waals surface area (Å²) >= 11 is 0. The van der Waals surface area contributed by atoms with E-state index in [1.165, 1.54) is 38.1 Å². The summed E-state index contributed by atoms with van der Waals surface area (Å²) < 4.78 is 0. The molecule has 0 N–H and O–H groups in total. The van der Waals surface area contributed by atoms with Crippen LogP contribution in [0.3, 0.4) is 0 Å². The first kappa shape index (κ1) is 28.8.